The quantitative estimate of drug-likeness (QED) is 0.616. The third-order valence-corrected chi connectivity index (χ3v) is 5.37. The first-order chi connectivity index (χ1) is 13.6. The number of rotatable bonds is 10. The van der Waals surface area contributed by atoms with Gasteiger partial charge in [-0.05, 0) is 49.0 Å². The Labute approximate surface area is 170 Å². The molecule has 1 unspecified atom stereocenters. The summed E-state index contributed by atoms with van der Waals surface area (Å²) in [6.45, 7) is 3.49. The van der Waals surface area contributed by atoms with Crippen molar-refractivity contribution >= 4 is 22.4 Å². The van der Waals surface area contributed by atoms with Crippen molar-refractivity contribution < 1.29 is 14.6 Å². The van der Waals surface area contributed by atoms with Gasteiger partial charge in [-0.1, -0.05) is 31.2 Å². The van der Waals surface area contributed by atoms with Crippen molar-refractivity contribution in [2.45, 2.75) is 32.6 Å². The number of anilines is 1. The number of aliphatic carboxylic acids is 1. The molecule has 0 fully saturated rings. The number of nitrogens with zero attached hydrogens (tertiary/aromatic N) is 2. The average molecular weight is 399 g/mol. The summed E-state index contributed by atoms with van der Waals surface area (Å²) < 4.78 is 5.94. The van der Waals surface area contributed by atoms with Gasteiger partial charge in [0.1, 0.15) is 12.4 Å². The topological polar surface area (TPSA) is 62.7 Å². The van der Waals surface area contributed by atoms with E-state index in [0.29, 0.717) is 18.9 Å². The maximum atomic E-state index is 10.6. The first kappa shape index (κ1) is 20.1. The molecule has 2 aromatic rings. The predicted octanol–water partition coefficient (Wildman–Crippen LogP) is 4.92. The molecule has 28 heavy (non-hydrogen) atoms. The van der Waals surface area contributed by atoms with E-state index in [0.717, 1.165) is 35.8 Å². The number of thiazole rings is 1. The Kier molecular flexibility index (Phi) is 7.25. The minimum absolute atomic E-state index is 0.202. The van der Waals surface area contributed by atoms with E-state index in [9.17, 15) is 4.79 Å². The van der Waals surface area contributed by atoms with Gasteiger partial charge >= 0.3 is 5.97 Å². The first-order valence-corrected chi connectivity index (χ1v) is 10.5. The first-order valence-electron chi connectivity index (χ1n) is 9.61. The van der Waals surface area contributed by atoms with Crippen LogP contribution < -0.4 is 9.64 Å². The van der Waals surface area contributed by atoms with Crippen LogP contribution in [0.2, 0.25) is 0 Å². The van der Waals surface area contributed by atoms with E-state index >= 15 is 0 Å². The van der Waals surface area contributed by atoms with Gasteiger partial charge in [-0.15, -0.1) is 11.3 Å². The van der Waals surface area contributed by atoms with Crippen molar-refractivity contribution in [1.82, 2.24) is 4.98 Å². The molecule has 3 rings (SSSR count). The summed E-state index contributed by atoms with van der Waals surface area (Å²) in [6, 6.07) is 7.91. The van der Waals surface area contributed by atoms with Crippen LogP contribution in [0.15, 0.2) is 59.8 Å². The fourth-order valence-electron chi connectivity index (χ4n) is 3.13. The van der Waals surface area contributed by atoms with Crippen LogP contribution in [0.25, 0.3) is 0 Å². The number of hydrogen-bond donors (Lipinski definition) is 1. The maximum absolute atomic E-state index is 10.6. The molecule has 1 aromatic heterocycles. The van der Waals surface area contributed by atoms with Gasteiger partial charge in [0.05, 0.1) is 6.54 Å². The van der Waals surface area contributed by atoms with Crippen LogP contribution in [0.1, 0.15) is 31.7 Å². The average Bonchev–Trinajstić information content (AvgIpc) is 3.20. The van der Waals surface area contributed by atoms with Crippen molar-refractivity contribution in [3.8, 4) is 5.75 Å². The van der Waals surface area contributed by atoms with Crippen molar-refractivity contribution in [2.75, 3.05) is 18.1 Å². The van der Waals surface area contributed by atoms with E-state index in [-0.39, 0.29) is 6.42 Å². The second-order valence-corrected chi connectivity index (χ2v) is 7.79. The number of carboxylic acid groups (broad SMARTS) is 1. The Bertz CT molecular complexity index is 813. The van der Waals surface area contributed by atoms with Crippen LogP contribution in [0, 0.1) is 5.92 Å². The molecule has 5 nitrogen and oxygen atoms in total. The number of aromatic nitrogens is 1. The summed E-state index contributed by atoms with van der Waals surface area (Å²) in [5.74, 6) is 0.599. The lowest BCUT2D eigenvalue weighted by atomic mass is 10.0. The summed E-state index contributed by atoms with van der Waals surface area (Å²) in [4.78, 5) is 17.3. The van der Waals surface area contributed by atoms with Gasteiger partial charge in [-0.25, -0.2) is 4.98 Å². The Morgan fingerprint density at radius 3 is 2.86 bits per heavy atom. The molecule has 1 heterocycles. The summed E-state index contributed by atoms with van der Waals surface area (Å²) in [5, 5.41) is 11.7. The normalized spacial score (nSPS) is 15.9. The largest absolute Gasteiger partial charge is 0.492 e. The molecule has 1 aliphatic carbocycles. The Balaban J connectivity index is 1.54. The van der Waals surface area contributed by atoms with Gasteiger partial charge in [0.15, 0.2) is 5.13 Å². The van der Waals surface area contributed by atoms with Gasteiger partial charge in [0, 0.05) is 23.7 Å². The van der Waals surface area contributed by atoms with E-state index in [4.69, 9.17) is 9.84 Å². The molecule has 1 atom stereocenters. The monoisotopic (exact) mass is 398 g/mol. The van der Waals surface area contributed by atoms with E-state index in [1.165, 1.54) is 5.70 Å². The molecule has 148 valence electrons. The van der Waals surface area contributed by atoms with Gasteiger partial charge in [-0.3, -0.25) is 4.79 Å². The highest BCUT2D eigenvalue weighted by Crippen LogP contribution is 2.26. The lowest BCUT2D eigenvalue weighted by Crippen LogP contribution is -2.28. The Hall–Kier alpha value is -2.60. The van der Waals surface area contributed by atoms with Crippen LogP contribution in [-0.2, 0) is 11.2 Å². The van der Waals surface area contributed by atoms with Gasteiger partial charge in [-0.2, -0.15) is 0 Å². The number of ether oxygens (including phenoxy) is 1. The third-order valence-electron chi connectivity index (χ3n) is 4.58. The molecule has 0 spiro atoms. The number of benzene rings is 1. The van der Waals surface area contributed by atoms with Gasteiger partial charge in [0.25, 0.3) is 0 Å². The molecule has 0 aliphatic heterocycles. The Morgan fingerprint density at radius 1 is 1.36 bits per heavy atom. The SMILES string of the molecule is CC1C=C(N(CCOc2ccc(CCCC(=O)O)cc2)c2nccs2)C=CC1. The standard InChI is InChI=1S/C22H26N2O3S/c1-17-4-2-6-19(16-17)24(22-23-12-15-28-22)13-14-27-20-10-8-18(9-11-20)5-3-7-21(25)26/h2,6,8-12,15-17H,3-5,7,13-14H2,1H3,(H,25,26). The van der Waals surface area contributed by atoms with E-state index < -0.39 is 5.97 Å². The molecule has 0 saturated carbocycles. The molecule has 0 bridgehead atoms. The number of carboxylic acids is 1. The zero-order valence-corrected chi connectivity index (χ0v) is 16.9. The van der Waals surface area contributed by atoms with E-state index in [1.807, 2.05) is 35.8 Å². The number of aryl methyl sites for hydroxylation is 1. The fourth-order valence-corrected chi connectivity index (χ4v) is 3.82. The highest BCUT2D eigenvalue weighted by Gasteiger charge is 2.16. The van der Waals surface area contributed by atoms with Crippen LogP contribution >= 0.6 is 11.3 Å². The van der Waals surface area contributed by atoms with Crippen molar-refractivity contribution in [2.24, 2.45) is 5.92 Å². The zero-order valence-electron chi connectivity index (χ0n) is 16.1. The highest BCUT2D eigenvalue weighted by atomic mass is 32.1. The smallest absolute Gasteiger partial charge is 0.303 e. The van der Waals surface area contributed by atoms with Crippen LogP contribution in [0.3, 0.4) is 0 Å². The van der Waals surface area contributed by atoms with Crippen LogP contribution in [0.4, 0.5) is 5.13 Å². The molecule has 0 radical (unpaired) electrons. The molecule has 1 aliphatic rings. The molecule has 0 saturated heterocycles. The molecular weight excluding hydrogens is 372 g/mol. The predicted molar refractivity (Wildman–Crippen MR) is 113 cm³/mol. The second-order valence-electron chi connectivity index (χ2n) is 6.91. The molecule has 0 amide bonds. The molecule has 1 aromatic carbocycles. The third kappa shape index (κ3) is 5.96. The minimum Gasteiger partial charge on any atom is -0.492 e. The van der Waals surface area contributed by atoms with Gasteiger partial charge < -0.3 is 14.7 Å². The summed E-state index contributed by atoms with van der Waals surface area (Å²) in [6.07, 6.45) is 11.2. The number of allylic oxidation sites excluding steroid dienone is 3. The summed E-state index contributed by atoms with van der Waals surface area (Å²) in [5.41, 5.74) is 2.30. The molecular formula is C22H26N2O3S. The number of hydrogen-bond acceptors (Lipinski definition) is 5. The lowest BCUT2D eigenvalue weighted by Gasteiger charge is -2.26. The number of carbonyl (C=O) groups is 1. The highest BCUT2D eigenvalue weighted by molar-refractivity contribution is 7.13. The van der Waals surface area contributed by atoms with Crippen LogP contribution in [-0.4, -0.2) is 29.2 Å². The van der Waals surface area contributed by atoms with Crippen molar-refractivity contribution in [3.05, 3.63) is 65.3 Å². The van der Waals surface area contributed by atoms with E-state index in [2.05, 4.69) is 35.0 Å². The molecule has 6 heteroatoms. The second kappa shape index (κ2) is 10.1. The van der Waals surface area contributed by atoms with Crippen molar-refractivity contribution in [3.63, 3.8) is 0 Å². The summed E-state index contributed by atoms with van der Waals surface area (Å²) in [7, 11) is 0. The minimum atomic E-state index is -0.748. The molecule has 1 N–H and O–H groups in total. The lowest BCUT2D eigenvalue weighted by molar-refractivity contribution is -0.137. The summed E-state index contributed by atoms with van der Waals surface area (Å²) >= 11 is 1.63. The fraction of sp³-hybridized carbons (Fsp3) is 0.364. The zero-order chi connectivity index (χ0) is 19.8. The van der Waals surface area contributed by atoms with Gasteiger partial charge in [0.2, 0.25) is 0 Å². The van der Waals surface area contributed by atoms with E-state index in [1.54, 1.807) is 11.3 Å². The maximum Gasteiger partial charge on any atom is 0.303 e. The van der Waals surface area contributed by atoms with Crippen LogP contribution in [0.5, 0.6) is 5.75 Å². The van der Waals surface area contributed by atoms with Crippen molar-refractivity contribution in [1.29, 1.82) is 0 Å². The Morgan fingerprint density at radius 2 is 2.18 bits per heavy atom.